The fraction of sp³-hybridized carbons (Fsp3) is 0.333. The van der Waals surface area contributed by atoms with Gasteiger partial charge in [0.25, 0.3) is 0 Å². The Morgan fingerprint density at radius 2 is 2.08 bits per heavy atom. The van der Waals surface area contributed by atoms with E-state index in [1.807, 2.05) is 24.3 Å². The van der Waals surface area contributed by atoms with Crippen molar-refractivity contribution in [3.05, 3.63) is 29.8 Å². The summed E-state index contributed by atoms with van der Waals surface area (Å²) in [7, 11) is 0. The van der Waals surface area contributed by atoms with Crippen molar-refractivity contribution in [3.8, 4) is 12.3 Å². The Labute approximate surface area is 80.2 Å². The largest absolute Gasteiger partial charge is 0.384 e. The Morgan fingerprint density at radius 1 is 1.38 bits per heavy atom. The van der Waals surface area contributed by atoms with Crippen LogP contribution in [0.25, 0.3) is 0 Å². The maximum Gasteiger partial charge on any atom is 0.0499 e. The molecule has 0 spiro atoms. The first-order valence-corrected chi connectivity index (χ1v) is 4.53. The molecule has 0 aliphatic heterocycles. The van der Waals surface area contributed by atoms with Crippen LogP contribution in [0.1, 0.15) is 19.4 Å². The predicted octanol–water partition coefficient (Wildman–Crippen LogP) is 2.74. The van der Waals surface area contributed by atoms with Gasteiger partial charge >= 0.3 is 0 Å². The summed E-state index contributed by atoms with van der Waals surface area (Å²) in [6.45, 7) is 5.30. The van der Waals surface area contributed by atoms with Crippen molar-refractivity contribution in [1.82, 2.24) is 0 Å². The van der Waals surface area contributed by atoms with Gasteiger partial charge in [-0.15, -0.1) is 6.42 Å². The average Bonchev–Trinajstić information content (AvgIpc) is 2.15. The van der Waals surface area contributed by atoms with Crippen LogP contribution in [0.5, 0.6) is 0 Å². The van der Waals surface area contributed by atoms with Crippen LogP contribution in [0.15, 0.2) is 24.3 Å². The Bertz CT molecular complexity index is 307. The SMILES string of the molecule is C#Cc1ccccc1NCC(C)C. The third kappa shape index (κ3) is 2.83. The highest BCUT2D eigenvalue weighted by atomic mass is 14.9. The fourth-order valence-electron chi connectivity index (χ4n) is 1.08. The van der Waals surface area contributed by atoms with E-state index in [-0.39, 0.29) is 0 Å². The van der Waals surface area contributed by atoms with Crippen molar-refractivity contribution < 1.29 is 0 Å². The van der Waals surface area contributed by atoms with E-state index in [1.165, 1.54) is 0 Å². The van der Waals surface area contributed by atoms with Gasteiger partial charge in [-0.3, -0.25) is 0 Å². The summed E-state index contributed by atoms with van der Waals surface area (Å²) < 4.78 is 0. The molecule has 1 N–H and O–H groups in total. The lowest BCUT2D eigenvalue weighted by molar-refractivity contribution is 0.689. The lowest BCUT2D eigenvalue weighted by Gasteiger charge is -2.10. The second kappa shape index (κ2) is 4.57. The van der Waals surface area contributed by atoms with Gasteiger partial charge in [-0.1, -0.05) is 31.9 Å². The highest BCUT2D eigenvalue weighted by molar-refractivity contribution is 5.58. The van der Waals surface area contributed by atoms with Crippen molar-refractivity contribution >= 4 is 5.69 Å². The molecule has 0 aromatic heterocycles. The van der Waals surface area contributed by atoms with E-state index in [9.17, 15) is 0 Å². The van der Waals surface area contributed by atoms with Crippen LogP contribution in [0.3, 0.4) is 0 Å². The summed E-state index contributed by atoms with van der Waals surface area (Å²) in [5, 5.41) is 3.32. The lowest BCUT2D eigenvalue weighted by Crippen LogP contribution is -2.08. The van der Waals surface area contributed by atoms with Crippen LogP contribution in [-0.4, -0.2) is 6.54 Å². The molecule has 1 aromatic carbocycles. The van der Waals surface area contributed by atoms with Gasteiger partial charge in [-0.25, -0.2) is 0 Å². The fourth-order valence-corrected chi connectivity index (χ4v) is 1.08. The van der Waals surface area contributed by atoms with Gasteiger partial charge in [-0.2, -0.15) is 0 Å². The van der Waals surface area contributed by atoms with Crippen molar-refractivity contribution in [2.24, 2.45) is 5.92 Å². The molecule has 1 heteroatoms. The number of para-hydroxylation sites is 1. The summed E-state index contributed by atoms with van der Waals surface area (Å²) in [5.74, 6) is 3.29. The second-order valence-corrected chi connectivity index (χ2v) is 3.46. The van der Waals surface area contributed by atoms with Crippen LogP contribution < -0.4 is 5.32 Å². The molecule has 1 aromatic rings. The molecule has 0 radical (unpaired) electrons. The summed E-state index contributed by atoms with van der Waals surface area (Å²) in [6, 6.07) is 7.90. The second-order valence-electron chi connectivity index (χ2n) is 3.46. The molecule has 0 bridgehead atoms. The van der Waals surface area contributed by atoms with E-state index in [1.54, 1.807) is 0 Å². The highest BCUT2D eigenvalue weighted by Gasteiger charge is 1.98. The van der Waals surface area contributed by atoms with Crippen LogP contribution in [0.2, 0.25) is 0 Å². The van der Waals surface area contributed by atoms with E-state index in [0.717, 1.165) is 17.8 Å². The van der Waals surface area contributed by atoms with Gasteiger partial charge in [0.15, 0.2) is 0 Å². The normalized spacial score (nSPS) is 9.69. The van der Waals surface area contributed by atoms with Crippen molar-refractivity contribution in [3.63, 3.8) is 0 Å². The molecule has 1 rings (SSSR count). The average molecular weight is 173 g/mol. The molecular formula is C12H15N. The summed E-state index contributed by atoms with van der Waals surface area (Å²) in [5.41, 5.74) is 1.99. The summed E-state index contributed by atoms with van der Waals surface area (Å²) >= 11 is 0. The minimum absolute atomic E-state index is 0.630. The molecule has 0 aliphatic carbocycles. The molecule has 0 fully saturated rings. The smallest absolute Gasteiger partial charge is 0.0499 e. The van der Waals surface area contributed by atoms with Crippen molar-refractivity contribution in [2.45, 2.75) is 13.8 Å². The zero-order valence-corrected chi connectivity index (χ0v) is 8.17. The number of terminal acetylenes is 1. The van der Waals surface area contributed by atoms with Gasteiger partial charge < -0.3 is 5.32 Å². The predicted molar refractivity (Wildman–Crippen MR) is 57.7 cm³/mol. The quantitative estimate of drug-likeness (QED) is 0.693. The molecule has 0 unspecified atom stereocenters. The minimum Gasteiger partial charge on any atom is -0.384 e. The Kier molecular flexibility index (Phi) is 3.40. The molecule has 0 saturated carbocycles. The van der Waals surface area contributed by atoms with Crippen LogP contribution in [0, 0.1) is 18.3 Å². The molecule has 13 heavy (non-hydrogen) atoms. The zero-order chi connectivity index (χ0) is 9.68. The molecular weight excluding hydrogens is 158 g/mol. The molecule has 0 amide bonds. The number of nitrogens with one attached hydrogen (secondary N) is 1. The van der Waals surface area contributed by atoms with Gasteiger partial charge in [-0.05, 0) is 18.1 Å². The molecule has 0 heterocycles. The van der Waals surface area contributed by atoms with Crippen molar-refractivity contribution in [2.75, 3.05) is 11.9 Å². The van der Waals surface area contributed by atoms with Gasteiger partial charge in [0.1, 0.15) is 0 Å². The molecule has 68 valence electrons. The van der Waals surface area contributed by atoms with Gasteiger partial charge in [0.05, 0.1) is 0 Å². The zero-order valence-electron chi connectivity index (χ0n) is 8.17. The molecule has 1 nitrogen and oxygen atoms in total. The first-order valence-electron chi connectivity index (χ1n) is 4.53. The Hall–Kier alpha value is -1.42. The topological polar surface area (TPSA) is 12.0 Å². The third-order valence-corrected chi connectivity index (χ3v) is 1.78. The van der Waals surface area contributed by atoms with E-state index < -0.39 is 0 Å². The van der Waals surface area contributed by atoms with E-state index >= 15 is 0 Å². The Morgan fingerprint density at radius 3 is 2.69 bits per heavy atom. The maximum atomic E-state index is 5.37. The summed E-state index contributed by atoms with van der Waals surface area (Å²) in [4.78, 5) is 0. The van der Waals surface area contributed by atoms with E-state index in [4.69, 9.17) is 6.42 Å². The van der Waals surface area contributed by atoms with Crippen LogP contribution in [0.4, 0.5) is 5.69 Å². The summed E-state index contributed by atoms with van der Waals surface area (Å²) in [6.07, 6.45) is 5.37. The minimum atomic E-state index is 0.630. The highest BCUT2D eigenvalue weighted by Crippen LogP contribution is 2.13. The molecule has 0 atom stereocenters. The van der Waals surface area contributed by atoms with E-state index in [0.29, 0.717) is 5.92 Å². The standard InChI is InChI=1S/C12H15N/c1-4-11-7-5-6-8-12(11)13-9-10(2)3/h1,5-8,10,13H,9H2,2-3H3. The van der Waals surface area contributed by atoms with Gasteiger partial charge in [0, 0.05) is 17.8 Å². The van der Waals surface area contributed by atoms with Crippen molar-refractivity contribution in [1.29, 1.82) is 0 Å². The number of hydrogen-bond acceptors (Lipinski definition) is 1. The number of hydrogen-bond donors (Lipinski definition) is 1. The van der Waals surface area contributed by atoms with E-state index in [2.05, 4.69) is 25.1 Å². The van der Waals surface area contributed by atoms with Gasteiger partial charge in [0.2, 0.25) is 0 Å². The lowest BCUT2D eigenvalue weighted by atomic mass is 10.1. The van der Waals surface area contributed by atoms with Crippen LogP contribution in [-0.2, 0) is 0 Å². The maximum absolute atomic E-state index is 5.37. The third-order valence-electron chi connectivity index (χ3n) is 1.78. The Balaban J connectivity index is 2.71. The monoisotopic (exact) mass is 173 g/mol. The first kappa shape index (κ1) is 9.67. The number of anilines is 1. The first-order chi connectivity index (χ1) is 6.24. The molecule has 0 saturated heterocycles. The number of benzene rings is 1. The van der Waals surface area contributed by atoms with Crippen LogP contribution >= 0.6 is 0 Å². The molecule has 0 aliphatic rings. The number of rotatable bonds is 3.